The van der Waals surface area contributed by atoms with Crippen LogP contribution < -0.4 is 10.7 Å². The van der Waals surface area contributed by atoms with Gasteiger partial charge in [-0.2, -0.15) is 0 Å². The zero-order chi connectivity index (χ0) is 19.9. The zero-order valence-electron chi connectivity index (χ0n) is 15.9. The van der Waals surface area contributed by atoms with Gasteiger partial charge in [-0.05, 0) is 48.5 Å². The normalized spacial score (nSPS) is 11.3. The molecule has 2 aromatic heterocycles. The molecule has 0 atom stereocenters. The van der Waals surface area contributed by atoms with Crippen molar-refractivity contribution >= 4 is 43.9 Å². The van der Waals surface area contributed by atoms with Crippen LogP contribution in [-0.4, -0.2) is 0 Å². The van der Waals surface area contributed by atoms with Crippen molar-refractivity contribution in [3.8, 4) is 0 Å². The Morgan fingerprint density at radius 2 is 0.633 bits per heavy atom. The third-order valence-corrected chi connectivity index (χ3v) is 5.26. The van der Waals surface area contributed by atoms with Crippen molar-refractivity contribution in [3.05, 3.63) is 108 Å². The highest BCUT2D eigenvalue weighted by molar-refractivity contribution is 5.90. The lowest BCUT2D eigenvalue weighted by atomic mass is 10.1. The van der Waals surface area contributed by atoms with Crippen molar-refractivity contribution < 1.29 is 8.83 Å². The Morgan fingerprint density at radius 1 is 0.367 bits per heavy atom. The van der Waals surface area contributed by atoms with E-state index < -0.39 is 0 Å². The molecule has 0 bridgehead atoms. The Labute approximate surface area is 171 Å². The first-order valence-electron chi connectivity index (χ1n) is 9.77. The monoisotopic (exact) mass is 388 g/mol. The van der Waals surface area contributed by atoms with Crippen LogP contribution in [0.1, 0.15) is 0 Å². The number of benzene rings is 4. The molecule has 0 amide bonds. The number of rotatable bonds is 1. The second-order valence-electron chi connectivity index (χ2n) is 7.09. The van der Waals surface area contributed by atoms with Gasteiger partial charge in [-0.25, -0.2) is 0 Å². The van der Waals surface area contributed by atoms with Gasteiger partial charge < -0.3 is 8.83 Å². The van der Waals surface area contributed by atoms with Gasteiger partial charge in [0.05, 0.1) is 0 Å². The summed E-state index contributed by atoms with van der Waals surface area (Å²) in [6, 6.07) is 31.6. The average molecular weight is 388 g/mol. The molecule has 6 aromatic rings. The van der Waals surface area contributed by atoms with E-state index in [0.29, 0.717) is 0 Å². The van der Waals surface area contributed by atoms with Crippen molar-refractivity contribution in [2.75, 3.05) is 0 Å². The summed E-state index contributed by atoms with van der Waals surface area (Å²) in [6.07, 6.45) is 0. The summed E-state index contributed by atoms with van der Waals surface area (Å²) in [5.74, 6) is 0. The van der Waals surface area contributed by atoms with Gasteiger partial charge in [0.25, 0.3) is 0 Å². The Kier molecular flexibility index (Phi) is 3.74. The number of nitrogens with zero attached hydrogens (tertiary/aromatic N) is 2. The van der Waals surface area contributed by atoms with E-state index in [1.165, 1.54) is 0 Å². The first-order chi connectivity index (χ1) is 14.9. The maximum absolute atomic E-state index is 6.06. The SMILES string of the molecule is c1ccc2c(=NN=c3c4ccccc4oc4ccccc34)c3ccccc3oc2c1. The first-order valence-corrected chi connectivity index (χ1v) is 9.77. The van der Waals surface area contributed by atoms with Gasteiger partial charge in [-0.15, -0.1) is 10.2 Å². The van der Waals surface area contributed by atoms with Crippen LogP contribution in [0.15, 0.2) is 116 Å². The minimum absolute atomic E-state index is 0.780. The molecule has 0 saturated heterocycles. The Morgan fingerprint density at radius 3 is 0.933 bits per heavy atom. The molecule has 0 aliphatic rings. The van der Waals surface area contributed by atoms with Crippen LogP contribution in [0.25, 0.3) is 43.9 Å². The molecule has 0 N–H and O–H groups in total. The zero-order valence-corrected chi connectivity index (χ0v) is 15.9. The molecule has 4 heteroatoms. The fourth-order valence-corrected chi connectivity index (χ4v) is 3.85. The van der Waals surface area contributed by atoms with Crippen molar-refractivity contribution in [3.63, 3.8) is 0 Å². The lowest BCUT2D eigenvalue weighted by molar-refractivity contribution is 0.658. The summed E-state index contributed by atoms with van der Waals surface area (Å²) >= 11 is 0. The molecule has 4 aromatic carbocycles. The highest BCUT2D eigenvalue weighted by Gasteiger charge is 2.07. The van der Waals surface area contributed by atoms with Gasteiger partial charge in [0.1, 0.15) is 33.0 Å². The lowest BCUT2D eigenvalue weighted by Gasteiger charge is -2.04. The predicted molar refractivity (Wildman–Crippen MR) is 119 cm³/mol. The molecule has 142 valence electrons. The minimum Gasteiger partial charge on any atom is -0.456 e. The van der Waals surface area contributed by atoms with Crippen LogP contribution in [0.3, 0.4) is 0 Å². The molecular weight excluding hydrogens is 372 g/mol. The summed E-state index contributed by atoms with van der Waals surface area (Å²) in [4.78, 5) is 0. The molecule has 0 aliphatic heterocycles. The van der Waals surface area contributed by atoms with Crippen molar-refractivity contribution in [2.45, 2.75) is 0 Å². The fourth-order valence-electron chi connectivity index (χ4n) is 3.85. The molecule has 0 spiro atoms. The van der Waals surface area contributed by atoms with E-state index in [1.54, 1.807) is 0 Å². The Hall–Kier alpha value is -4.18. The van der Waals surface area contributed by atoms with Crippen LogP contribution in [0, 0.1) is 0 Å². The van der Waals surface area contributed by atoms with Crippen LogP contribution in [0.2, 0.25) is 0 Å². The van der Waals surface area contributed by atoms with E-state index in [2.05, 4.69) is 0 Å². The Balaban J connectivity index is 1.81. The third kappa shape index (κ3) is 2.62. The van der Waals surface area contributed by atoms with E-state index in [9.17, 15) is 0 Å². The van der Waals surface area contributed by atoms with Crippen molar-refractivity contribution in [1.29, 1.82) is 0 Å². The summed E-state index contributed by atoms with van der Waals surface area (Å²) in [6.45, 7) is 0. The maximum atomic E-state index is 6.06. The van der Waals surface area contributed by atoms with Crippen LogP contribution in [-0.2, 0) is 0 Å². The maximum Gasteiger partial charge on any atom is 0.136 e. The van der Waals surface area contributed by atoms with Gasteiger partial charge in [0.15, 0.2) is 0 Å². The van der Waals surface area contributed by atoms with Crippen molar-refractivity contribution in [1.82, 2.24) is 0 Å². The molecule has 6 rings (SSSR count). The van der Waals surface area contributed by atoms with E-state index in [0.717, 1.165) is 54.6 Å². The fraction of sp³-hybridized carbons (Fsp3) is 0. The number of hydrogen-bond acceptors (Lipinski definition) is 4. The topological polar surface area (TPSA) is 51.0 Å². The van der Waals surface area contributed by atoms with Gasteiger partial charge in [0.2, 0.25) is 0 Å². The number of para-hydroxylation sites is 4. The first kappa shape index (κ1) is 16.7. The Bertz CT molecular complexity index is 1470. The highest BCUT2D eigenvalue weighted by Crippen LogP contribution is 2.19. The molecule has 0 unspecified atom stereocenters. The summed E-state index contributed by atoms with van der Waals surface area (Å²) in [5.41, 5.74) is 3.12. The van der Waals surface area contributed by atoms with Gasteiger partial charge in [0, 0.05) is 21.5 Å². The standard InChI is InChI=1S/C26H16N2O2/c1-5-13-21-17(9-1)25(18-10-2-6-14-22(18)29-21)27-28-26-19-11-3-7-15-23(19)30-24-16-8-4-12-20(24)26/h1-16H. The average Bonchev–Trinajstić information content (AvgIpc) is 2.81. The minimum atomic E-state index is 0.780. The van der Waals surface area contributed by atoms with E-state index in [4.69, 9.17) is 19.0 Å². The second-order valence-corrected chi connectivity index (χ2v) is 7.09. The smallest absolute Gasteiger partial charge is 0.136 e. The van der Waals surface area contributed by atoms with E-state index in [-0.39, 0.29) is 0 Å². The molecule has 0 saturated carbocycles. The summed E-state index contributed by atoms with van der Waals surface area (Å²) in [5, 5.41) is 14.8. The molecule has 0 fully saturated rings. The number of hydrogen-bond donors (Lipinski definition) is 0. The van der Waals surface area contributed by atoms with Crippen LogP contribution in [0.5, 0.6) is 0 Å². The highest BCUT2D eigenvalue weighted by atomic mass is 16.3. The largest absolute Gasteiger partial charge is 0.456 e. The van der Waals surface area contributed by atoms with Gasteiger partial charge in [-0.3, -0.25) is 0 Å². The third-order valence-electron chi connectivity index (χ3n) is 5.26. The van der Waals surface area contributed by atoms with E-state index >= 15 is 0 Å². The summed E-state index contributed by atoms with van der Waals surface area (Å²) < 4.78 is 12.1. The van der Waals surface area contributed by atoms with E-state index in [1.807, 2.05) is 97.1 Å². The molecule has 0 aliphatic carbocycles. The van der Waals surface area contributed by atoms with Crippen LogP contribution >= 0.6 is 0 Å². The van der Waals surface area contributed by atoms with Crippen molar-refractivity contribution in [2.24, 2.45) is 10.2 Å². The molecule has 30 heavy (non-hydrogen) atoms. The molecule has 0 radical (unpaired) electrons. The molecule has 4 nitrogen and oxygen atoms in total. The quantitative estimate of drug-likeness (QED) is 0.260. The summed E-state index contributed by atoms with van der Waals surface area (Å²) in [7, 11) is 0. The predicted octanol–water partition coefficient (Wildman–Crippen LogP) is 5.90. The van der Waals surface area contributed by atoms with Gasteiger partial charge in [-0.1, -0.05) is 48.5 Å². The second kappa shape index (κ2) is 6.71. The van der Waals surface area contributed by atoms with Crippen LogP contribution in [0.4, 0.5) is 0 Å². The van der Waals surface area contributed by atoms with Gasteiger partial charge >= 0.3 is 0 Å². The molecule has 2 heterocycles. The molecular formula is C26H16N2O2. The number of fused-ring (bicyclic) bond motifs is 4. The lowest BCUT2D eigenvalue weighted by Crippen LogP contribution is -2.08.